The van der Waals surface area contributed by atoms with Gasteiger partial charge in [-0.15, -0.1) is 0 Å². The molecule has 0 saturated carbocycles. The van der Waals surface area contributed by atoms with Crippen LogP contribution in [0, 0.1) is 20.4 Å². The predicted molar refractivity (Wildman–Crippen MR) is 147 cm³/mol. The SMILES string of the molecule is [C-]#[N+]c1ccc2c(oc3c(-c4ccc(C)c[n+]4C)c(C)ccc32)c1-c1ccc(-c2ccccc2)cc1. The number of nitrogens with zero attached hydrogens (tertiary/aromatic N) is 2. The van der Waals surface area contributed by atoms with Gasteiger partial charge in [0.1, 0.15) is 18.2 Å². The Morgan fingerprint density at radius 2 is 1.31 bits per heavy atom. The highest BCUT2D eigenvalue weighted by Crippen LogP contribution is 2.44. The van der Waals surface area contributed by atoms with Crippen LogP contribution in [0.4, 0.5) is 5.69 Å². The third kappa shape index (κ3) is 3.47. The molecule has 0 aliphatic carbocycles. The second kappa shape index (κ2) is 8.52. The van der Waals surface area contributed by atoms with Crippen molar-refractivity contribution in [3.63, 3.8) is 0 Å². The van der Waals surface area contributed by atoms with Crippen molar-refractivity contribution in [3.05, 3.63) is 120 Å². The molecule has 0 radical (unpaired) electrons. The zero-order valence-corrected chi connectivity index (χ0v) is 20.5. The summed E-state index contributed by atoms with van der Waals surface area (Å²) in [6.07, 6.45) is 2.13. The minimum absolute atomic E-state index is 0.591. The molecule has 0 aliphatic rings. The van der Waals surface area contributed by atoms with E-state index in [2.05, 4.69) is 97.2 Å². The standard InChI is InChI=1S/C33H25N2O/c1-21-10-19-29(35(4)20-21)30-22(2)11-16-26-27-17-18-28(34-3)31(33(27)36-32(26)30)25-14-12-24(13-15-25)23-8-6-5-7-9-23/h5-20H,1-2,4H3/q+1. The van der Waals surface area contributed by atoms with Gasteiger partial charge in [-0.1, -0.05) is 78.9 Å². The number of hydrogen-bond acceptors (Lipinski definition) is 1. The summed E-state index contributed by atoms with van der Waals surface area (Å²) in [5, 5.41) is 2.08. The molecule has 0 N–H and O–H groups in total. The van der Waals surface area contributed by atoms with Crippen molar-refractivity contribution in [1.29, 1.82) is 0 Å². The molecule has 3 nitrogen and oxygen atoms in total. The van der Waals surface area contributed by atoms with E-state index in [9.17, 15) is 0 Å². The summed E-state index contributed by atoms with van der Waals surface area (Å²) in [5.74, 6) is 0. The van der Waals surface area contributed by atoms with Gasteiger partial charge in [0, 0.05) is 28.0 Å². The Kier molecular flexibility index (Phi) is 5.16. The normalized spacial score (nSPS) is 11.2. The molecule has 0 fully saturated rings. The van der Waals surface area contributed by atoms with Crippen LogP contribution in [0.25, 0.3) is 60.3 Å². The number of fused-ring (bicyclic) bond motifs is 3. The average Bonchev–Trinajstić information content (AvgIpc) is 3.28. The van der Waals surface area contributed by atoms with Crippen LogP contribution in [-0.2, 0) is 7.05 Å². The van der Waals surface area contributed by atoms with Crippen LogP contribution in [0.1, 0.15) is 11.1 Å². The molecule has 2 heterocycles. The van der Waals surface area contributed by atoms with Gasteiger partial charge in [-0.25, -0.2) is 9.41 Å². The number of aryl methyl sites for hydroxylation is 3. The lowest BCUT2D eigenvalue weighted by molar-refractivity contribution is -0.660. The van der Waals surface area contributed by atoms with E-state index in [1.54, 1.807) is 0 Å². The number of rotatable bonds is 3. The molecule has 0 aliphatic heterocycles. The molecule has 0 atom stereocenters. The fourth-order valence-corrected chi connectivity index (χ4v) is 5.15. The zero-order chi connectivity index (χ0) is 24.8. The van der Waals surface area contributed by atoms with E-state index in [1.165, 1.54) is 11.1 Å². The molecule has 3 heteroatoms. The molecule has 0 bridgehead atoms. The molecule has 6 rings (SSSR count). The van der Waals surface area contributed by atoms with E-state index in [1.807, 2.05) is 30.3 Å². The molecule has 2 aromatic heterocycles. The van der Waals surface area contributed by atoms with E-state index < -0.39 is 0 Å². The van der Waals surface area contributed by atoms with Gasteiger partial charge in [0.15, 0.2) is 11.9 Å². The Bertz CT molecular complexity index is 1800. The summed E-state index contributed by atoms with van der Waals surface area (Å²) >= 11 is 0. The average molecular weight is 466 g/mol. The smallest absolute Gasteiger partial charge is 0.216 e. The quantitative estimate of drug-likeness (QED) is 0.189. The summed E-state index contributed by atoms with van der Waals surface area (Å²) in [7, 11) is 2.07. The van der Waals surface area contributed by atoms with Gasteiger partial charge in [0.2, 0.25) is 5.69 Å². The predicted octanol–water partition coefficient (Wildman–Crippen LogP) is 8.58. The van der Waals surface area contributed by atoms with Crippen molar-refractivity contribution in [3.8, 4) is 33.5 Å². The molecular weight excluding hydrogens is 440 g/mol. The van der Waals surface area contributed by atoms with Gasteiger partial charge in [-0.05, 0) is 42.2 Å². The second-order valence-electron chi connectivity index (χ2n) is 9.33. The van der Waals surface area contributed by atoms with E-state index in [-0.39, 0.29) is 0 Å². The van der Waals surface area contributed by atoms with Crippen LogP contribution in [0.5, 0.6) is 0 Å². The zero-order valence-electron chi connectivity index (χ0n) is 20.5. The maximum Gasteiger partial charge on any atom is 0.216 e. The van der Waals surface area contributed by atoms with Gasteiger partial charge >= 0.3 is 0 Å². The molecule has 172 valence electrons. The first kappa shape index (κ1) is 21.8. The summed E-state index contributed by atoms with van der Waals surface area (Å²) in [6, 6.07) is 31.2. The van der Waals surface area contributed by atoms with Crippen molar-refractivity contribution in [2.24, 2.45) is 7.05 Å². The number of benzene rings is 4. The van der Waals surface area contributed by atoms with E-state index >= 15 is 0 Å². The van der Waals surface area contributed by atoms with Crippen LogP contribution in [0.15, 0.2) is 102 Å². The summed E-state index contributed by atoms with van der Waals surface area (Å²) < 4.78 is 8.84. The second-order valence-corrected chi connectivity index (χ2v) is 9.33. The largest absolute Gasteiger partial charge is 0.456 e. The van der Waals surface area contributed by atoms with E-state index in [4.69, 9.17) is 11.0 Å². The van der Waals surface area contributed by atoms with Crippen molar-refractivity contribution in [2.45, 2.75) is 13.8 Å². The summed E-state index contributed by atoms with van der Waals surface area (Å²) in [6.45, 7) is 12.1. The molecule has 36 heavy (non-hydrogen) atoms. The molecule has 0 spiro atoms. The molecule has 0 unspecified atom stereocenters. The first-order chi connectivity index (χ1) is 17.5. The van der Waals surface area contributed by atoms with Crippen molar-refractivity contribution < 1.29 is 8.98 Å². The Morgan fingerprint density at radius 1 is 0.667 bits per heavy atom. The van der Waals surface area contributed by atoms with Crippen LogP contribution in [-0.4, -0.2) is 0 Å². The minimum atomic E-state index is 0.591. The fourth-order valence-electron chi connectivity index (χ4n) is 5.15. The van der Waals surface area contributed by atoms with Crippen LogP contribution in [0.2, 0.25) is 0 Å². The lowest BCUT2D eigenvalue weighted by Crippen LogP contribution is -2.31. The molecule has 4 aromatic carbocycles. The van der Waals surface area contributed by atoms with Crippen LogP contribution < -0.4 is 4.57 Å². The number of hydrogen-bond donors (Lipinski definition) is 0. The number of pyridine rings is 1. The van der Waals surface area contributed by atoms with Crippen LogP contribution >= 0.6 is 0 Å². The minimum Gasteiger partial charge on any atom is -0.456 e. The maximum absolute atomic E-state index is 7.86. The highest BCUT2D eigenvalue weighted by atomic mass is 16.3. The lowest BCUT2D eigenvalue weighted by Gasteiger charge is -2.08. The topological polar surface area (TPSA) is 21.4 Å². The van der Waals surface area contributed by atoms with Gasteiger partial charge in [0.25, 0.3) is 0 Å². The maximum atomic E-state index is 7.86. The van der Waals surface area contributed by atoms with E-state index in [0.29, 0.717) is 5.69 Å². The first-order valence-corrected chi connectivity index (χ1v) is 12.0. The first-order valence-electron chi connectivity index (χ1n) is 12.0. The Balaban J connectivity index is 1.61. The van der Waals surface area contributed by atoms with Crippen molar-refractivity contribution >= 4 is 27.6 Å². The summed E-state index contributed by atoms with van der Waals surface area (Å²) in [5.41, 5.74) is 10.9. The monoisotopic (exact) mass is 465 g/mol. The Morgan fingerprint density at radius 3 is 2.00 bits per heavy atom. The van der Waals surface area contributed by atoms with Crippen LogP contribution in [0.3, 0.4) is 0 Å². The molecular formula is C33H25N2O+. The summed E-state index contributed by atoms with van der Waals surface area (Å²) in [4.78, 5) is 3.86. The number of aromatic nitrogens is 1. The molecule has 6 aromatic rings. The van der Waals surface area contributed by atoms with Gasteiger partial charge in [-0.3, -0.25) is 0 Å². The van der Waals surface area contributed by atoms with Crippen molar-refractivity contribution in [1.82, 2.24) is 0 Å². The highest BCUT2D eigenvalue weighted by molar-refractivity contribution is 6.15. The third-order valence-corrected chi connectivity index (χ3v) is 6.93. The van der Waals surface area contributed by atoms with Gasteiger partial charge in [0.05, 0.1) is 12.1 Å². The van der Waals surface area contributed by atoms with E-state index in [0.717, 1.165) is 55.4 Å². The molecule has 0 amide bonds. The Labute approximate surface area is 210 Å². The van der Waals surface area contributed by atoms with Gasteiger partial charge < -0.3 is 4.42 Å². The third-order valence-electron chi connectivity index (χ3n) is 6.93. The highest BCUT2D eigenvalue weighted by Gasteiger charge is 2.23. The number of furan rings is 1. The lowest BCUT2D eigenvalue weighted by atomic mass is 9.96. The Hall–Kier alpha value is -4.68. The van der Waals surface area contributed by atoms with Crippen molar-refractivity contribution in [2.75, 3.05) is 0 Å². The van der Waals surface area contributed by atoms with Gasteiger partial charge in [-0.2, -0.15) is 0 Å². The molecule has 0 saturated heterocycles. The fraction of sp³-hybridized carbons (Fsp3) is 0.0909.